The van der Waals surface area contributed by atoms with E-state index in [-0.39, 0.29) is 23.1 Å². The van der Waals surface area contributed by atoms with Gasteiger partial charge in [0.1, 0.15) is 0 Å². The van der Waals surface area contributed by atoms with Crippen LogP contribution < -0.4 is 0 Å². The molecule has 0 saturated heterocycles. The minimum atomic E-state index is -0.224. The van der Waals surface area contributed by atoms with Gasteiger partial charge in [-0.15, -0.1) is 0 Å². The number of hydrogen-bond acceptors (Lipinski definition) is 4. The third-order valence-corrected chi connectivity index (χ3v) is 4.21. The van der Waals surface area contributed by atoms with Crippen LogP contribution in [0.3, 0.4) is 0 Å². The summed E-state index contributed by atoms with van der Waals surface area (Å²) < 4.78 is 0. The number of allylic oxidation sites excluding steroid dienone is 4. The number of carbonyl (C=O) groups is 4. The van der Waals surface area contributed by atoms with Crippen LogP contribution in [0.5, 0.6) is 0 Å². The van der Waals surface area contributed by atoms with Crippen molar-refractivity contribution in [2.45, 2.75) is 0 Å². The van der Waals surface area contributed by atoms with Crippen molar-refractivity contribution < 1.29 is 19.2 Å². The molecule has 0 bridgehead atoms. The zero-order chi connectivity index (χ0) is 16.8. The summed E-state index contributed by atoms with van der Waals surface area (Å²) in [4.78, 5) is 47.6. The smallest absolute Gasteiger partial charge is 0.186 e. The topological polar surface area (TPSA) is 68.3 Å². The summed E-state index contributed by atoms with van der Waals surface area (Å²) in [5, 5.41) is 0. The fourth-order valence-corrected chi connectivity index (χ4v) is 2.95. The van der Waals surface area contributed by atoms with Crippen LogP contribution in [-0.4, -0.2) is 23.1 Å². The highest BCUT2D eigenvalue weighted by Gasteiger charge is 2.22. The fraction of sp³-hybridized carbons (Fsp3) is 0. The van der Waals surface area contributed by atoms with Crippen LogP contribution in [0.1, 0.15) is 41.4 Å². The summed E-state index contributed by atoms with van der Waals surface area (Å²) in [6.07, 6.45) is 5.04. The lowest BCUT2D eigenvalue weighted by Gasteiger charge is -2.13. The molecule has 114 valence electrons. The Bertz CT molecular complexity index is 938. The largest absolute Gasteiger partial charge is 0.289 e. The van der Waals surface area contributed by atoms with Gasteiger partial charge in [-0.2, -0.15) is 0 Å². The van der Waals surface area contributed by atoms with E-state index < -0.39 is 0 Å². The van der Waals surface area contributed by atoms with Gasteiger partial charge in [0.25, 0.3) is 0 Å². The molecule has 2 aliphatic rings. The van der Waals surface area contributed by atoms with E-state index in [4.69, 9.17) is 0 Å². The molecule has 0 aromatic heterocycles. The molecule has 0 atom stereocenters. The summed E-state index contributed by atoms with van der Waals surface area (Å²) in [6.45, 7) is 0. The molecule has 0 heterocycles. The average Bonchev–Trinajstić information content (AvgIpc) is 2.61. The number of rotatable bonds is 1. The van der Waals surface area contributed by atoms with Gasteiger partial charge in [0.05, 0.1) is 0 Å². The average molecular weight is 314 g/mol. The molecule has 0 unspecified atom stereocenters. The van der Waals surface area contributed by atoms with Crippen molar-refractivity contribution in [2.24, 2.45) is 0 Å². The molecule has 2 aromatic carbocycles. The second-order valence-corrected chi connectivity index (χ2v) is 5.64. The molecule has 4 rings (SSSR count). The van der Waals surface area contributed by atoms with Gasteiger partial charge in [-0.3, -0.25) is 19.2 Å². The number of hydrogen-bond donors (Lipinski definition) is 0. The number of benzene rings is 2. The van der Waals surface area contributed by atoms with E-state index in [2.05, 4.69) is 0 Å². The second kappa shape index (κ2) is 5.06. The molecule has 0 spiro atoms. The van der Waals surface area contributed by atoms with Crippen molar-refractivity contribution in [3.63, 3.8) is 0 Å². The number of fused-ring (bicyclic) bond motifs is 2. The van der Waals surface area contributed by atoms with Gasteiger partial charge in [-0.05, 0) is 59.7 Å². The molecule has 0 amide bonds. The van der Waals surface area contributed by atoms with E-state index in [1.165, 1.54) is 24.3 Å². The van der Waals surface area contributed by atoms with Crippen LogP contribution in [0, 0.1) is 0 Å². The maximum Gasteiger partial charge on any atom is 0.186 e. The molecule has 4 heteroatoms. The Balaban J connectivity index is 1.85. The van der Waals surface area contributed by atoms with Crippen molar-refractivity contribution in [3.05, 3.63) is 83.0 Å². The molecule has 0 N–H and O–H groups in total. The van der Waals surface area contributed by atoms with E-state index in [0.717, 1.165) is 0 Å². The molecular formula is C20H10O4. The van der Waals surface area contributed by atoms with E-state index in [9.17, 15) is 19.2 Å². The lowest BCUT2D eigenvalue weighted by Crippen LogP contribution is -2.12. The highest BCUT2D eigenvalue weighted by molar-refractivity contribution is 6.23. The third kappa shape index (κ3) is 2.08. The van der Waals surface area contributed by atoms with Crippen LogP contribution in [-0.2, 0) is 0 Å². The Morgan fingerprint density at radius 2 is 0.750 bits per heavy atom. The van der Waals surface area contributed by atoms with Crippen LogP contribution in [0.2, 0.25) is 0 Å². The predicted molar refractivity (Wildman–Crippen MR) is 87.5 cm³/mol. The summed E-state index contributed by atoms with van der Waals surface area (Å²) in [5.74, 6) is -0.850. The van der Waals surface area contributed by atoms with E-state index >= 15 is 0 Å². The van der Waals surface area contributed by atoms with Gasteiger partial charge in [0.2, 0.25) is 0 Å². The molecule has 0 fully saturated rings. The third-order valence-electron chi connectivity index (χ3n) is 4.21. The predicted octanol–water partition coefficient (Wildman–Crippen LogP) is 3.22. The quantitative estimate of drug-likeness (QED) is 0.810. The van der Waals surface area contributed by atoms with Crippen molar-refractivity contribution >= 4 is 23.1 Å². The van der Waals surface area contributed by atoms with Gasteiger partial charge in [-0.25, -0.2) is 0 Å². The molecule has 0 aliphatic heterocycles. The van der Waals surface area contributed by atoms with Gasteiger partial charge in [0.15, 0.2) is 23.1 Å². The first-order chi connectivity index (χ1) is 11.5. The summed E-state index contributed by atoms with van der Waals surface area (Å²) in [6, 6.07) is 9.98. The van der Waals surface area contributed by atoms with Crippen LogP contribution in [0.15, 0.2) is 60.7 Å². The molecular weight excluding hydrogens is 304 g/mol. The molecule has 4 nitrogen and oxygen atoms in total. The number of carbonyl (C=O) groups excluding carboxylic acids is 4. The zero-order valence-electron chi connectivity index (χ0n) is 12.4. The second-order valence-electron chi connectivity index (χ2n) is 5.64. The maximum atomic E-state index is 12.0. The van der Waals surface area contributed by atoms with Gasteiger partial charge >= 0.3 is 0 Å². The summed E-state index contributed by atoms with van der Waals surface area (Å²) in [5.41, 5.74) is 2.86. The Kier molecular flexibility index (Phi) is 3.00. The lowest BCUT2D eigenvalue weighted by atomic mass is 9.88. The van der Waals surface area contributed by atoms with E-state index in [1.54, 1.807) is 36.4 Å². The molecule has 0 radical (unpaired) electrons. The molecule has 0 saturated carbocycles. The standard InChI is InChI=1S/C20H10O4/c21-17-5-7-19(23)15-9-11(1-3-13(15)17)12-2-4-14-16(10-12)20(24)8-6-18(14)22/h1-10H. The lowest BCUT2D eigenvalue weighted by molar-refractivity contribution is 0.0994. The minimum Gasteiger partial charge on any atom is -0.289 e. The van der Waals surface area contributed by atoms with Gasteiger partial charge in [0, 0.05) is 22.3 Å². The Morgan fingerprint density at radius 1 is 0.417 bits per heavy atom. The van der Waals surface area contributed by atoms with Crippen LogP contribution in [0.25, 0.3) is 11.1 Å². The first-order valence-electron chi connectivity index (χ1n) is 7.36. The highest BCUT2D eigenvalue weighted by atomic mass is 16.1. The van der Waals surface area contributed by atoms with E-state index in [0.29, 0.717) is 33.4 Å². The monoisotopic (exact) mass is 314 g/mol. The van der Waals surface area contributed by atoms with E-state index in [1.807, 2.05) is 0 Å². The Morgan fingerprint density at radius 3 is 1.12 bits per heavy atom. The Hall–Kier alpha value is -3.40. The SMILES string of the molecule is O=C1C=CC(=O)c2cc(-c3ccc4c(c3)C(=O)C=CC4=O)ccc21. The first-order valence-corrected chi connectivity index (χ1v) is 7.36. The highest BCUT2D eigenvalue weighted by Crippen LogP contribution is 2.28. The van der Waals surface area contributed by atoms with Crippen molar-refractivity contribution in [1.82, 2.24) is 0 Å². The van der Waals surface area contributed by atoms with Gasteiger partial charge in [-0.1, -0.05) is 12.1 Å². The Labute approximate surface area is 137 Å². The van der Waals surface area contributed by atoms with Crippen LogP contribution >= 0.6 is 0 Å². The first kappa shape index (κ1) is 14.2. The molecule has 2 aromatic rings. The maximum absolute atomic E-state index is 12.0. The molecule has 2 aliphatic carbocycles. The number of ketones is 4. The fourth-order valence-electron chi connectivity index (χ4n) is 2.95. The van der Waals surface area contributed by atoms with Crippen molar-refractivity contribution in [3.8, 4) is 11.1 Å². The summed E-state index contributed by atoms with van der Waals surface area (Å²) >= 11 is 0. The normalized spacial score (nSPS) is 15.5. The van der Waals surface area contributed by atoms with Crippen LogP contribution in [0.4, 0.5) is 0 Å². The summed E-state index contributed by atoms with van der Waals surface area (Å²) in [7, 11) is 0. The molecule has 24 heavy (non-hydrogen) atoms. The van der Waals surface area contributed by atoms with Crippen molar-refractivity contribution in [1.29, 1.82) is 0 Å². The minimum absolute atomic E-state index is 0.201. The van der Waals surface area contributed by atoms with Crippen molar-refractivity contribution in [2.75, 3.05) is 0 Å². The van der Waals surface area contributed by atoms with Gasteiger partial charge < -0.3 is 0 Å². The zero-order valence-corrected chi connectivity index (χ0v) is 12.4.